The second kappa shape index (κ2) is 7.66. The first-order valence-electron chi connectivity index (χ1n) is 8.68. The predicted molar refractivity (Wildman–Crippen MR) is 108 cm³/mol. The summed E-state index contributed by atoms with van der Waals surface area (Å²) >= 11 is 0. The van der Waals surface area contributed by atoms with Crippen molar-refractivity contribution in [2.45, 2.75) is 6.61 Å². The Bertz CT molecular complexity index is 1040. The van der Waals surface area contributed by atoms with Crippen LogP contribution in [0.15, 0.2) is 91.0 Å². The number of hydrogen-bond acceptors (Lipinski definition) is 2. The van der Waals surface area contributed by atoms with Crippen LogP contribution in [0.2, 0.25) is 0 Å². The summed E-state index contributed by atoms with van der Waals surface area (Å²) in [7, 11) is 0. The van der Waals surface area contributed by atoms with Crippen LogP contribution in [-0.2, 0) is 6.61 Å². The van der Waals surface area contributed by atoms with Crippen molar-refractivity contribution in [2.75, 3.05) is 0 Å². The number of rotatable bonds is 5. The molecule has 126 valence electrons. The highest BCUT2D eigenvalue weighted by atomic mass is 16.5. The molecule has 0 unspecified atom stereocenters. The van der Waals surface area contributed by atoms with E-state index < -0.39 is 0 Å². The zero-order valence-electron chi connectivity index (χ0n) is 14.4. The van der Waals surface area contributed by atoms with Gasteiger partial charge in [-0.1, -0.05) is 72.8 Å². The van der Waals surface area contributed by atoms with Crippen molar-refractivity contribution in [1.82, 2.24) is 4.98 Å². The maximum Gasteiger partial charge on any atom is 0.127 e. The van der Waals surface area contributed by atoms with Gasteiger partial charge in [0.05, 0.1) is 11.2 Å². The van der Waals surface area contributed by atoms with E-state index in [0.717, 1.165) is 33.5 Å². The van der Waals surface area contributed by atoms with Crippen LogP contribution in [0.1, 0.15) is 16.8 Å². The lowest BCUT2D eigenvalue weighted by Gasteiger charge is -2.09. The van der Waals surface area contributed by atoms with Crippen molar-refractivity contribution in [1.29, 1.82) is 0 Å². The van der Waals surface area contributed by atoms with E-state index in [4.69, 9.17) is 4.74 Å². The molecule has 3 aromatic carbocycles. The van der Waals surface area contributed by atoms with Gasteiger partial charge in [0.2, 0.25) is 0 Å². The third-order valence-corrected chi connectivity index (χ3v) is 4.21. The van der Waals surface area contributed by atoms with E-state index in [9.17, 15) is 0 Å². The van der Waals surface area contributed by atoms with Crippen LogP contribution in [0.25, 0.3) is 23.1 Å². The fraction of sp³-hybridized carbons (Fsp3) is 0.0417. The molecule has 4 aromatic rings. The van der Waals surface area contributed by atoms with E-state index in [1.165, 1.54) is 0 Å². The van der Waals surface area contributed by atoms with E-state index in [1.807, 2.05) is 66.7 Å². The molecule has 0 saturated heterocycles. The first kappa shape index (κ1) is 16.1. The highest BCUT2D eigenvalue weighted by Crippen LogP contribution is 2.22. The van der Waals surface area contributed by atoms with Crippen molar-refractivity contribution >= 4 is 23.1 Å². The number of ether oxygens (including phenoxy) is 1. The molecule has 0 aliphatic rings. The number of fused-ring (bicyclic) bond motifs is 1. The highest BCUT2D eigenvalue weighted by molar-refractivity contribution is 5.81. The summed E-state index contributed by atoms with van der Waals surface area (Å²) in [6, 6.07) is 30.5. The molecule has 0 aliphatic heterocycles. The molecule has 0 aliphatic carbocycles. The average molecular weight is 337 g/mol. The normalized spacial score (nSPS) is 11.1. The molecule has 0 radical (unpaired) electrons. The molecule has 4 rings (SSSR count). The molecule has 0 bridgehead atoms. The van der Waals surface area contributed by atoms with Crippen LogP contribution in [0.5, 0.6) is 5.75 Å². The minimum Gasteiger partial charge on any atom is -0.488 e. The number of benzene rings is 3. The van der Waals surface area contributed by atoms with Crippen LogP contribution in [0.3, 0.4) is 0 Å². The van der Waals surface area contributed by atoms with Gasteiger partial charge in [-0.3, -0.25) is 0 Å². The smallest absolute Gasteiger partial charge is 0.127 e. The maximum absolute atomic E-state index is 6.01. The molecule has 1 heterocycles. The lowest BCUT2D eigenvalue weighted by molar-refractivity contribution is 0.305. The summed E-state index contributed by atoms with van der Waals surface area (Å²) in [5, 5.41) is 1.15. The SMILES string of the molecule is C(=C\c1ccccc1OCc1ccccc1)/c1ccc2ccccc2n1. The van der Waals surface area contributed by atoms with Crippen molar-refractivity contribution in [2.24, 2.45) is 0 Å². The molecule has 0 N–H and O–H groups in total. The van der Waals surface area contributed by atoms with Crippen molar-refractivity contribution in [3.05, 3.63) is 108 Å². The zero-order chi connectivity index (χ0) is 17.6. The van der Waals surface area contributed by atoms with Gasteiger partial charge in [-0.05, 0) is 35.9 Å². The van der Waals surface area contributed by atoms with Crippen LogP contribution in [0.4, 0.5) is 0 Å². The zero-order valence-corrected chi connectivity index (χ0v) is 14.4. The number of hydrogen-bond donors (Lipinski definition) is 0. The molecule has 0 spiro atoms. The van der Waals surface area contributed by atoms with Gasteiger partial charge in [-0.25, -0.2) is 4.98 Å². The summed E-state index contributed by atoms with van der Waals surface area (Å²) in [5.74, 6) is 0.869. The summed E-state index contributed by atoms with van der Waals surface area (Å²) in [5.41, 5.74) is 4.13. The highest BCUT2D eigenvalue weighted by Gasteiger charge is 2.01. The standard InChI is InChI=1S/C24H19NO/c1-2-8-19(9-3-1)18-26-24-13-7-5-11-21(24)15-17-22-16-14-20-10-4-6-12-23(20)25-22/h1-17H,18H2/b17-15+. The van der Waals surface area contributed by atoms with Crippen molar-refractivity contribution < 1.29 is 4.74 Å². The van der Waals surface area contributed by atoms with E-state index in [2.05, 4.69) is 41.4 Å². The topological polar surface area (TPSA) is 22.1 Å². The lowest BCUT2D eigenvalue weighted by Crippen LogP contribution is -1.96. The van der Waals surface area contributed by atoms with E-state index in [1.54, 1.807) is 0 Å². The van der Waals surface area contributed by atoms with Crippen molar-refractivity contribution in [3.63, 3.8) is 0 Å². The minimum absolute atomic E-state index is 0.555. The number of pyridine rings is 1. The molecule has 2 nitrogen and oxygen atoms in total. The second-order valence-electron chi connectivity index (χ2n) is 6.07. The van der Waals surface area contributed by atoms with Gasteiger partial charge in [-0.2, -0.15) is 0 Å². The van der Waals surface area contributed by atoms with Gasteiger partial charge >= 0.3 is 0 Å². The quantitative estimate of drug-likeness (QED) is 0.446. The Morgan fingerprint density at radius 2 is 1.46 bits per heavy atom. The number of nitrogens with zero attached hydrogens (tertiary/aromatic N) is 1. The summed E-state index contributed by atoms with van der Waals surface area (Å²) in [4.78, 5) is 4.69. The molecule has 0 saturated carbocycles. The number of para-hydroxylation sites is 2. The average Bonchev–Trinajstić information content (AvgIpc) is 2.72. The Hall–Kier alpha value is -3.39. The van der Waals surface area contributed by atoms with Crippen LogP contribution < -0.4 is 4.74 Å². The maximum atomic E-state index is 6.01. The van der Waals surface area contributed by atoms with Gasteiger partial charge < -0.3 is 4.74 Å². The van der Waals surface area contributed by atoms with Crippen LogP contribution >= 0.6 is 0 Å². The van der Waals surface area contributed by atoms with E-state index in [0.29, 0.717) is 6.61 Å². The second-order valence-corrected chi connectivity index (χ2v) is 6.07. The van der Waals surface area contributed by atoms with Gasteiger partial charge in [0.15, 0.2) is 0 Å². The third-order valence-electron chi connectivity index (χ3n) is 4.21. The Labute approximate surface area is 153 Å². The third kappa shape index (κ3) is 3.81. The van der Waals surface area contributed by atoms with Gasteiger partial charge in [-0.15, -0.1) is 0 Å². The minimum atomic E-state index is 0.555. The Balaban J connectivity index is 1.54. The van der Waals surface area contributed by atoms with E-state index >= 15 is 0 Å². The molecule has 0 amide bonds. The Morgan fingerprint density at radius 1 is 0.692 bits per heavy atom. The summed E-state index contributed by atoms with van der Waals surface area (Å²) < 4.78 is 6.01. The first-order chi connectivity index (χ1) is 12.9. The monoisotopic (exact) mass is 337 g/mol. The molecule has 1 aromatic heterocycles. The molecule has 0 fully saturated rings. The molecular formula is C24H19NO. The van der Waals surface area contributed by atoms with Gasteiger partial charge in [0, 0.05) is 10.9 Å². The molecule has 26 heavy (non-hydrogen) atoms. The Morgan fingerprint density at radius 3 is 2.38 bits per heavy atom. The molecule has 0 atom stereocenters. The molecular weight excluding hydrogens is 318 g/mol. The van der Waals surface area contributed by atoms with Crippen LogP contribution in [0, 0.1) is 0 Å². The lowest BCUT2D eigenvalue weighted by atomic mass is 10.1. The largest absolute Gasteiger partial charge is 0.488 e. The molecule has 2 heteroatoms. The van der Waals surface area contributed by atoms with Crippen LogP contribution in [-0.4, -0.2) is 4.98 Å². The first-order valence-corrected chi connectivity index (χ1v) is 8.68. The van der Waals surface area contributed by atoms with Crippen molar-refractivity contribution in [3.8, 4) is 5.75 Å². The fourth-order valence-electron chi connectivity index (χ4n) is 2.83. The Kier molecular flexibility index (Phi) is 4.74. The van der Waals surface area contributed by atoms with E-state index in [-0.39, 0.29) is 0 Å². The number of aromatic nitrogens is 1. The predicted octanol–water partition coefficient (Wildman–Crippen LogP) is 5.98. The fourth-order valence-corrected chi connectivity index (χ4v) is 2.83. The summed E-state index contributed by atoms with van der Waals surface area (Å²) in [6.45, 7) is 0.555. The van der Waals surface area contributed by atoms with Gasteiger partial charge in [0.25, 0.3) is 0 Å². The summed E-state index contributed by atoms with van der Waals surface area (Å²) in [6.07, 6.45) is 4.08. The van der Waals surface area contributed by atoms with Gasteiger partial charge in [0.1, 0.15) is 12.4 Å².